The van der Waals surface area contributed by atoms with Gasteiger partial charge in [0.1, 0.15) is 0 Å². The van der Waals surface area contributed by atoms with Crippen molar-refractivity contribution in [2.45, 2.75) is 57.5 Å². The number of allylic oxidation sites excluding steroid dienone is 2. The van der Waals surface area contributed by atoms with Crippen LogP contribution in [0.1, 0.15) is 57.2 Å². The van der Waals surface area contributed by atoms with E-state index in [0.717, 1.165) is 57.2 Å². The smallest absolute Gasteiger partial charge is 0.398 e. The van der Waals surface area contributed by atoms with Gasteiger partial charge in [0.05, 0.1) is 21.5 Å². The molecule has 0 amide bonds. The van der Waals surface area contributed by atoms with E-state index in [2.05, 4.69) is 9.88 Å². The van der Waals surface area contributed by atoms with E-state index >= 15 is 0 Å². The third kappa shape index (κ3) is 7.93. The average molecular weight is 503 g/mol. The number of hydrogen-bond acceptors (Lipinski definition) is 6. The van der Waals surface area contributed by atoms with E-state index in [0.29, 0.717) is 5.92 Å². The highest BCUT2D eigenvalue weighted by Crippen LogP contribution is 2.41. The summed E-state index contributed by atoms with van der Waals surface area (Å²) in [5, 5.41) is -0.648. The molecule has 11 heteroatoms. The molecule has 36 heavy (non-hydrogen) atoms. The summed E-state index contributed by atoms with van der Waals surface area (Å²) in [4.78, 5) is 5.60. The molecule has 4 radical (unpaired) electrons. The van der Waals surface area contributed by atoms with Gasteiger partial charge in [-0.1, -0.05) is 20.3 Å². The van der Waals surface area contributed by atoms with Crippen LogP contribution in [0.15, 0.2) is 36.3 Å². The van der Waals surface area contributed by atoms with Crippen LogP contribution in [0.4, 0.5) is 13.2 Å². The minimum atomic E-state index is -4.56. The Morgan fingerprint density at radius 2 is 1.69 bits per heavy atom. The third-order valence-corrected chi connectivity index (χ3v) is 6.93. The second-order valence-corrected chi connectivity index (χ2v) is 9.34. The number of nitrogens with zero attached hydrogens (tertiary/aromatic N) is 2. The first-order chi connectivity index (χ1) is 17.0. The second kappa shape index (κ2) is 13.4. The molecule has 0 aromatic carbocycles. The molecule has 3 fully saturated rings. The molecule has 3 unspecified atom stereocenters. The molecule has 6 nitrogen and oxygen atoms in total. The zero-order valence-electron chi connectivity index (χ0n) is 21.3. The Bertz CT molecular complexity index is 873. The first-order valence-electron chi connectivity index (χ1n) is 12.6. The van der Waals surface area contributed by atoms with E-state index in [1.165, 1.54) is 43.5 Å². The second-order valence-electron chi connectivity index (χ2n) is 9.34. The van der Waals surface area contributed by atoms with Gasteiger partial charge in [-0.2, -0.15) is 13.2 Å². The standard InChI is InChI=1S/C13H21B2NO.C10H11F3N4.C2H6/c14-13(15,12-5-2-6-17-9-12)16-7-10-3-1-4-11(10)8-16;11-10(12,13)9-6(2-1-5-17-9)7(14)3-4-8(15)16;1-2/h10-12H,1-9H2;1-5H,14-16H2;1-2H3/b;7-3-;. The zero-order chi connectivity index (χ0) is 26.9. The minimum Gasteiger partial charge on any atom is -0.398 e. The number of rotatable bonds is 4. The van der Waals surface area contributed by atoms with Gasteiger partial charge in [0.25, 0.3) is 0 Å². The number of halogens is 3. The predicted molar refractivity (Wildman–Crippen MR) is 139 cm³/mol. The molecule has 0 bridgehead atoms. The van der Waals surface area contributed by atoms with Crippen LogP contribution in [0.3, 0.4) is 0 Å². The van der Waals surface area contributed by atoms with Crippen molar-refractivity contribution in [2.75, 3.05) is 26.3 Å². The lowest BCUT2D eigenvalue weighted by molar-refractivity contribution is -0.141. The fraction of sp³-hybridized carbons (Fsp3) is 0.640. The quantitative estimate of drug-likeness (QED) is 0.431. The first-order valence-corrected chi connectivity index (χ1v) is 12.6. The number of nitrogens with two attached hydrogens (primary N) is 3. The Morgan fingerprint density at radius 3 is 2.22 bits per heavy atom. The number of fused-ring (bicyclic) bond motifs is 1. The van der Waals surface area contributed by atoms with Crippen LogP contribution in [0.2, 0.25) is 0 Å². The minimum absolute atomic E-state index is 0.0506. The number of ether oxygens (including phenoxy) is 1. The van der Waals surface area contributed by atoms with Crippen molar-refractivity contribution in [3.8, 4) is 0 Å². The Hall–Kier alpha value is -2.13. The molecule has 3 heterocycles. The van der Waals surface area contributed by atoms with Crippen LogP contribution in [0.25, 0.3) is 5.70 Å². The highest BCUT2D eigenvalue weighted by Gasteiger charge is 2.44. The Kier molecular flexibility index (Phi) is 11.2. The maximum absolute atomic E-state index is 12.6. The van der Waals surface area contributed by atoms with Crippen molar-refractivity contribution in [1.82, 2.24) is 9.88 Å². The molecule has 0 spiro atoms. The van der Waals surface area contributed by atoms with Crippen molar-refractivity contribution in [1.29, 1.82) is 0 Å². The van der Waals surface area contributed by atoms with E-state index in [4.69, 9.17) is 37.6 Å². The highest BCUT2D eigenvalue weighted by atomic mass is 19.4. The lowest BCUT2D eigenvalue weighted by Gasteiger charge is -2.45. The van der Waals surface area contributed by atoms with E-state index in [-0.39, 0.29) is 17.1 Å². The number of aromatic nitrogens is 1. The lowest BCUT2D eigenvalue weighted by atomic mass is 9.53. The fourth-order valence-corrected chi connectivity index (χ4v) is 5.05. The maximum atomic E-state index is 12.6. The molecule has 1 aromatic rings. The number of alkyl halides is 3. The number of hydrogen-bond donors (Lipinski definition) is 3. The zero-order valence-corrected chi connectivity index (χ0v) is 21.3. The molecule has 6 N–H and O–H groups in total. The number of likely N-dealkylation sites (tertiary alicyclic amines) is 1. The summed E-state index contributed by atoms with van der Waals surface area (Å²) in [5.74, 6) is 1.96. The Labute approximate surface area is 215 Å². The topological polar surface area (TPSA) is 103 Å². The summed E-state index contributed by atoms with van der Waals surface area (Å²) >= 11 is 0. The summed E-state index contributed by atoms with van der Waals surface area (Å²) in [6.07, 6.45) is 5.25. The third-order valence-electron chi connectivity index (χ3n) is 6.93. The number of pyridine rings is 1. The van der Waals surface area contributed by atoms with Crippen molar-refractivity contribution in [3.05, 3.63) is 47.6 Å². The molecule has 2 saturated heterocycles. The fourth-order valence-electron chi connectivity index (χ4n) is 5.05. The van der Waals surface area contributed by atoms with Gasteiger partial charge in [0, 0.05) is 43.8 Å². The highest BCUT2D eigenvalue weighted by molar-refractivity contribution is 6.40. The van der Waals surface area contributed by atoms with Gasteiger partial charge in [0.15, 0.2) is 5.69 Å². The van der Waals surface area contributed by atoms with Crippen molar-refractivity contribution >= 4 is 21.4 Å². The van der Waals surface area contributed by atoms with Crippen LogP contribution in [0.5, 0.6) is 0 Å². The lowest BCUT2D eigenvalue weighted by Crippen LogP contribution is -2.56. The van der Waals surface area contributed by atoms with Gasteiger partial charge in [-0.25, -0.2) is 0 Å². The molecule has 4 rings (SSSR count). The summed E-state index contributed by atoms with van der Waals surface area (Å²) in [6, 6.07) is 2.59. The molecule has 1 aliphatic carbocycles. The molecule has 2 aliphatic heterocycles. The van der Waals surface area contributed by atoms with Gasteiger partial charge < -0.3 is 26.8 Å². The molecular formula is C25H38B2F3N5O. The molecular weight excluding hydrogens is 465 g/mol. The summed E-state index contributed by atoms with van der Waals surface area (Å²) in [6.45, 7) is 7.82. The van der Waals surface area contributed by atoms with Crippen molar-refractivity contribution in [2.24, 2.45) is 35.0 Å². The molecule has 3 aliphatic rings. The van der Waals surface area contributed by atoms with Crippen molar-refractivity contribution < 1.29 is 17.9 Å². The van der Waals surface area contributed by atoms with Crippen LogP contribution in [-0.2, 0) is 10.9 Å². The predicted octanol–water partition coefficient (Wildman–Crippen LogP) is 3.32. The maximum Gasteiger partial charge on any atom is 0.434 e. The SMILES string of the molecule is CC.NC(N)=C/C=C(\N)c1cccnc1C(F)(F)F.[B]C([B])(C1CCCOC1)N1CC2CCCC2C1. The summed E-state index contributed by atoms with van der Waals surface area (Å²) < 4.78 is 43.3. The summed E-state index contributed by atoms with van der Waals surface area (Å²) in [5.41, 5.74) is 14.4. The van der Waals surface area contributed by atoms with Gasteiger partial charge in [-0.15, -0.1) is 0 Å². The van der Waals surface area contributed by atoms with Gasteiger partial charge in [-0.05, 0) is 73.1 Å². The molecule has 1 saturated carbocycles. The van der Waals surface area contributed by atoms with Gasteiger partial charge in [0.2, 0.25) is 0 Å². The Balaban J connectivity index is 0.000000237. The molecule has 196 valence electrons. The van der Waals surface area contributed by atoms with E-state index < -0.39 is 17.2 Å². The largest absolute Gasteiger partial charge is 0.434 e. The van der Waals surface area contributed by atoms with Crippen LogP contribution < -0.4 is 17.2 Å². The average Bonchev–Trinajstić information content (AvgIpc) is 3.47. The summed E-state index contributed by atoms with van der Waals surface area (Å²) in [7, 11) is 12.8. The van der Waals surface area contributed by atoms with Gasteiger partial charge in [-0.3, -0.25) is 4.98 Å². The normalized spacial score (nSPS) is 24.6. The van der Waals surface area contributed by atoms with E-state index in [1.807, 2.05) is 13.8 Å². The first kappa shape index (κ1) is 30.1. The van der Waals surface area contributed by atoms with Crippen LogP contribution in [0, 0.1) is 17.8 Å². The van der Waals surface area contributed by atoms with Gasteiger partial charge >= 0.3 is 6.18 Å². The van der Waals surface area contributed by atoms with E-state index in [9.17, 15) is 13.2 Å². The van der Waals surface area contributed by atoms with Crippen LogP contribution in [-0.4, -0.2) is 57.2 Å². The molecule has 3 atom stereocenters. The van der Waals surface area contributed by atoms with Crippen LogP contribution >= 0.6 is 0 Å². The van der Waals surface area contributed by atoms with Crippen molar-refractivity contribution in [3.63, 3.8) is 0 Å². The monoisotopic (exact) mass is 503 g/mol. The molecule has 1 aromatic heterocycles. The van der Waals surface area contributed by atoms with E-state index in [1.54, 1.807) is 0 Å². The Morgan fingerprint density at radius 1 is 1.06 bits per heavy atom.